The molecule has 7 heteroatoms. The Morgan fingerprint density at radius 3 is 2.22 bits per heavy atom. The van der Waals surface area contributed by atoms with Crippen LogP contribution in [0.1, 0.15) is 11.6 Å². The van der Waals surface area contributed by atoms with Crippen molar-refractivity contribution in [2.75, 3.05) is 20.6 Å². The fourth-order valence-electron chi connectivity index (χ4n) is 1.48. The molecule has 1 unspecified atom stereocenters. The minimum Gasteiger partial charge on any atom is -0.406 e. The summed E-state index contributed by atoms with van der Waals surface area (Å²) in [6.07, 6.45) is -4.67. The third kappa shape index (κ3) is 4.91. The number of ether oxygens (including phenoxy) is 1. The molecule has 0 bridgehead atoms. The van der Waals surface area contributed by atoms with Gasteiger partial charge in [-0.25, -0.2) is 10.4 Å². The van der Waals surface area contributed by atoms with Crippen molar-refractivity contribution in [3.63, 3.8) is 0 Å². The molecule has 0 aliphatic heterocycles. The first-order valence-corrected chi connectivity index (χ1v) is 5.31. The van der Waals surface area contributed by atoms with Gasteiger partial charge in [0, 0.05) is 20.6 Å². The van der Waals surface area contributed by atoms with Gasteiger partial charge in [-0.3, -0.25) is 0 Å². The van der Waals surface area contributed by atoms with Crippen molar-refractivity contribution in [1.82, 2.24) is 10.4 Å². The number of nitrogens with two attached hydrogens (primary N) is 1. The normalized spacial score (nSPS) is 13.7. The number of hydrogen-bond donors (Lipinski definition) is 2. The quantitative estimate of drug-likeness (QED) is 0.793. The maximum atomic E-state index is 12.0. The topological polar surface area (TPSA) is 50.5 Å². The summed E-state index contributed by atoms with van der Waals surface area (Å²) in [5.41, 5.74) is 9.44. The molecule has 0 radical (unpaired) electrons. The highest BCUT2D eigenvalue weighted by Crippen LogP contribution is 2.24. The number of alkyl halides is 3. The molecule has 0 aliphatic carbocycles. The fourth-order valence-corrected chi connectivity index (χ4v) is 1.48. The molecular formula is C11H16F3N3O. The number of nitrogens with zero attached hydrogens (tertiary/aromatic N) is 1. The summed E-state index contributed by atoms with van der Waals surface area (Å²) in [7, 11) is 3.62. The Hall–Kier alpha value is -1.31. The van der Waals surface area contributed by atoms with Crippen molar-refractivity contribution in [2.24, 2.45) is 5.73 Å². The molecule has 0 amide bonds. The molecule has 102 valence electrons. The van der Waals surface area contributed by atoms with Gasteiger partial charge in [-0.05, 0) is 17.7 Å². The Balaban J connectivity index is 2.74. The summed E-state index contributed by atoms with van der Waals surface area (Å²) in [6.45, 7) is 0.331. The van der Waals surface area contributed by atoms with Gasteiger partial charge >= 0.3 is 6.36 Å². The maximum Gasteiger partial charge on any atom is 0.573 e. The second-order valence-electron chi connectivity index (χ2n) is 3.93. The van der Waals surface area contributed by atoms with Crippen LogP contribution in [0.15, 0.2) is 24.3 Å². The Morgan fingerprint density at radius 1 is 1.28 bits per heavy atom. The fraction of sp³-hybridized carbons (Fsp3) is 0.455. The van der Waals surface area contributed by atoms with E-state index in [1.54, 1.807) is 17.1 Å². The SMILES string of the molecule is CN(C)NC(CN)c1ccc(OC(F)(F)F)cc1. The van der Waals surface area contributed by atoms with Crippen LogP contribution in [0.4, 0.5) is 13.2 Å². The molecule has 18 heavy (non-hydrogen) atoms. The van der Waals surface area contributed by atoms with Gasteiger partial charge in [0.05, 0.1) is 6.04 Å². The van der Waals surface area contributed by atoms with Gasteiger partial charge < -0.3 is 10.5 Å². The average Bonchev–Trinajstić information content (AvgIpc) is 2.24. The Morgan fingerprint density at radius 2 is 1.83 bits per heavy atom. The minimum absolute atomic E-state index is 0.153. The first-order chi connectivity index (χ1) is 8.31. The van der Waals surface area contributed by atoms with E-state index in [0.717, 1.165) is 5.56 Å². The van der Waals surface area contributed by atoms with E-state index in [0.29, 0.717) is 6.54 Å². The molecule has 1 aromatic carbocycles. The Labute approximate surface area is 103 Å². The largest absolute Gasteiger partial charge is 0.573 e. The maximum absolute atomic E-state index is 12.0. The number of hydrogen-bond acceptors (Lipinski definition) is 4. The van der Waals surface area contributed by atoms with Crippen molar-refractivity contribution >= 4 is 0 Å². The predicted octanol–water partition coefficient (Wildman–Crippen LogP) is 1.65. The van der Waals surface area contributed by atoms with Crippen molar-refractivity contribution < 1.29 is 17.9 Å². The van der Waals surface area contributed by atoms with Gasteiger partial charge in [0.15, 0.2) is 0 Å². The Bertz CT molecular complexity index is 365. The van der Waals surface area contributed by atoms with Crippen LogP contribution in [0.3, 0.4) is 0 Å². The zero-order valence-corrected chi connectivity index (χ0v) is 10.2. The number of rotatable bonds is 5. The highest BCUT2D eigenvalue weighted by molar-refractivity contribution is 5.29. The zero-order valence-electron chi connectivity index (χ0n) is 10.2. The molecule has 0 fully saturated rings. The second-order valence-corrected chi connectivity index (χ2v) is 3.93. The first-order valence-electron chi connectivity index (χ1n) is 5.31. The third-order valence-corrected chi connectivity index (χ3v) is 2.17. The summed E-state index contributed by atoms with van der Waals surface area (Å²) >= 11 is 0. The molecule has 0 aromatic heterocycles. The van der Waals surface area contributed by atoms with E-state index in [1.807, 2.05) is 14.1 Å². The number of halogens is 3. The molecule has 0 saturated carbocycles. The van der Waals surface area contributed by atoms with Gasteiger partial charge in [-0.1, -0.05) is 12.1 Å². The standard InChI is InChI=1S/C11H16F3N3O/c1-17(2)16-10(7-15)8-3-5-9(6-4-8)18-11(12,13)14/h3-6,10,16H,7,15H2,1-2H3. The lowest BCUT2D eigenvalue weighted by Crippen LogP contribution is -2.37. The predicted molar refractivity (Wildman–Crippen MR) is 61.7 cm³/mol. The van der Waals surface area contributed by atoms with Crippen LogP contribution in [0.5, 0.6) is 5.75 Å². The minimum atomic E-state index is -4.67. The van der Waals surface area contributed by atoms with Crippen molar-refractivity contribution in [3.8, 4) is 5.75 Å². The lowest BCUT2D eigenvalue weighted by Gasteiger charge is -2.22. The van der Waals surface area contributed by atoms with Gasteiger partial charge in [-0.2, -0.15) is 0 Å². The molecular weight excluding hydrogens is 247 g/mol. The van der Waals surface area contributed by atoms with Gasteiger partial charge in [-0.15, -0.1) is 13.2 Å². The zero-order chi connectivity index (χ0) is 13.8. The van der Waals surface area contributed by atoms with Crippen LogP contribution in [0.25, 0.3) is 0 Å². The first kappa shape index (κ1) is 14.7. The van der Waals surface area contributed by atoms with Gasteiger partial charge in [0.2, 0.25) is 0 Å². The van der Waals surface area contributed by atoms with E-state index in [1.165, 1.54) is 12.1 Å². The highest BCUT2D eigenvalue weighted by atomic mass is 19.4. The molecule has 0 heterocycles. The van der Waals surface area contributed by atoms with Crippen molar-refractivity contribution in [1.29, 1.82) is 0 Å². The summed E-state index contributed by atoms with van der Waals surface area (Å²) in [5, 5.41) is 1.73. The lowest BCUT2D eigenvalue weighted by atomic mass is 10.1. The molecule has 3 N–H and O–H groups in total. The second kappa shape index (κ2) is 6.03. The van der Waals surface area contributed by atoms with Gasteiger partial charge in [0.1, 0.15) is 5.75 Å². The van der Waals surface area contributed by atoms with E-state index in [-0.39, 0.29) is 11.8 Å². The van der Waals surface area contributed by atoms with Crippen LogP contribution in [-0.4, -0.2) is 32.0 Å². The summed E-state index contributed by atoms with van der Waals surface area (Å²) < 4.78 is 39.7. The van der Waals surface area contributed by atoms with Crippen LogP contribution in [-0.2, 0) is 0 Å². The van der Waals surface area contributed by atoms with Crippen LogP contribution < -0.4 is 15.9 Å². The van der Waals surface area contributed by atoms with Gasteiger partial charge in [0.25, 0.3) is 0 Å². The van der Waals surface area contributed by atoms with Crippen LogP contribution >= 0.6 is 0 Å². The number of benzene rings is 1. The van der Waals surface area contributed by atoms with E-state index >= 15 is 0 Å². The number of hydrazine groups is 1. The monoisotopic (exact) mass is 263 g/mol. The average molecular weight is 263 g/mol. The molecule has 0 aliphatic rings. The van der Waals surface area contributed by atoms with Crippen molar-refractivity contribution in [3.05, 3.63) is 29.8 Å². The molecule has 0 saturated heterocycles. The van der Waals surface area contributed by atoms with E-state index in [4.69, 9.17) is 5.73 Å². The molecule has 4 nitrogen and oxygen atoms in total. The summed E-state index contributed by atoms with van der Waals surface area (Å²) in [4.78, 5) is 0. The van der Waals surface area contributed by atoms with Crippen LogP contribution in [0, 0.1) is 0 Å². The number of nitrogens with one attached hydrogen (secondary N) is 1. The lowest BCUT2D eigenvalue weighted by molar-refractivity contribution is -0.274. The molecule has 1 atom stereocenters. The van der Waals surface area contributed by atoms with E-state index in [9.17, 15) is 13.2 Å². The molecule has 1 aromatic rings. The molecule has 0 spiro atoms. The van der Waals surface area contributed by atoms with Crippen molar-refractivity contribution in [2.45, 2.75) is 12.4 Å². The third-order valence-electron chi connectivity index (χ3n) is 2.17. The summed E-state index contributed by atoms with van der Waals surface area (Å²) in [5.74, 6) is -0.244. The highest BCUT2D eigenvalue weighted by Gasteiger charge is 2.31. The Kier molecular flexibility index (Phi) is 4.94. The smallest absolute Gasteiger partial charge is 0.406 e. The van der Waals surface area contributed by atoms with E-state index < -0.39 is 6.36 Å². The molecule has 1 rings (SSSR count). The summed E-state index contributed by atoms with van der Waals surface area (Å²) in [6, 6.07) is 5.48. The van der Waals surface area contributed by atoms with Crippen LogP contribution in [0.2, 0.25) is 0 Å². The van der Waals surface area contributed by atoms with E-state index in [2.05, 4.69) is 10.2 Å².